The molecule has 13 rings (SSSR count). The highest BCUT2D eigenvalue weighted by molar-refractivity contribution is 6.11. The molecule has 6 nitrogen and oxygen atoms in total. The van der Waals surface area contributed by atoms with Crippen LogP contribution in [0.1, 0.15) is 49.9 Å². The quantitative estimate of drug-likeness (QED) is 0.156. The lowest BCUT2D eigenvalue weighted by atomic mass is 9.82. The van der Waals surface area contributed by atoms with E-state index < -0.39 is 0 Å². The van der Waals surface area contributed by atoms with Gasteiger partial charge in [0.25, 0.3) is 0 Å². The molecule has 2 aliphatic rings. The van der Waals surface area contributed by atoms with Gasteiger partial charge in [0, 0.05) is 51.0 Å². The van der Waals surface area contributed by atoms with Gasteiger partial charge in [-0.05, 0) is 127 Å². The predicted molar refractivity (Wildman–Crippen MR) is 281 cm³/mol. The minimum Gasteiger partial charge on any atom is -0.309 e. The predicted octanol–water partition coefficient (Wildman–Crippen LogP) is 15.9. The molecular weight excluding hydrogens is 841 g/mol. The van der Waals surface area contributed by atoms with E-state index in [1.54, 1.807) is 6.20 Å². The molecular formula is C63H44N6. The van der Waals surface area contributed by atoms with Gasteiger partial charge in [0.05, 0.1) is 17.6 Å². The van der Waals surface area contributed by atoms with Crippen molar-refractivity contribution in [3.05, 3.63) is 228 Å². The van der Waals surface area contributed by atoms with Gasteiger partial charge in [-0.15, -0.1) is 0 Å². The van der Waals surface area contributed by atoms with Crippen molar-refractivity contribution in [2.75, 3.05) is 0 Å². The van der Waals surface area contributed by atoms with Crippen LogP contribution in [0.15, 0.2) is 194 Å². The Kier molecular flexibility index (Phi) is 8.87. The second kappa shape index (κ2) is 15.1. The molecule has 69 heavy (non-hydrogen) atoms. The molecule has 3 heterocycles. The molecule has 2 aliphatic carbocycles. The van der Waals surface area contributed by atoms with E-state index in [0.29, 0.717) is 23.2 Å². The van der Waals surface area contributed by atoms with E-state index in [1.807, 2.05) is 24.4 Å². The van der Waals surface area contributed by atoms with Crippen LogP contribution in [-0.4, -0.2) is 24.5 Å². The molecule has 0 radical (unpaired) electrons. The Balaban J connectivity index is 0.910. The first kappa shape index (κ1) is 40.5. The van der Waals surface area contributed by atoms with Crippen LogP contribution >= 0.6 is 0 Å². The van der Waals surface area contributed by atoms with Crippen molar-refractivity contribution >= 4 is 27.5 Å². The Bertz CT molecular complexity index is 3950. The standard InChI is InChI=1S/C63H44N6/c1-62(2)54-15-9-7-13-48(54)50-34-42(23-29-55(50)62)60-66-59(67-61(68-60)43-22-28-49-47-12-6-8-14-53(47)63(3,4)56(49)35-43)40-18-16-38(17-19-40)41-24-30-57-51(33-41)52-36-45(64-5)25-31-58(52)69(57)46-26-20-39(21-27-46)44-11-10-32-65-37-44/h6-37H,1-4H3. The van der Waals surface area contributed by atoms with Crippen molar-refractivity contribution in [2.24, 2.45) is 0 Å². The first-order chi connectivity index (χ1) is 33.6. The molecule has 0 N–H and O–H groups in total. The summed E-state index contributed by atoms with van der Waals surface area (Å²) in [4.78, 5) is 23.9. The lowest BCUT2D eigenvalue weighted by Crippen LogP contribution is -2.15. The van der Waals surface area contributed by atoms with Gasteiger partial charge in [0.2, 0.25) is 0 Å². The number of hydrogen-bond donors (Lipinski definition) is 0. The second-order valence-electron chi connectivity index (χ2n) is 19.4. The van der Waals surface area contributed by atoms with Gasteiger partial charge >= 0.3 is 0 Å². The number of pyridine rings is 1. The van der Waals surface area contributed by atoms with E-state index in [4.69, 9.17) is 21.5 Å². The molecule has 0 atom stereocenters. The molecule has 11 aromatic rings. The minimum atomic E-state index is -0.167. The molecule has 0 aliphatic heterocycles. The maximum Gasteiger partial charge on any atom is 0.188 e. The van der Waals surface area contributed by atoms with Crippen LogP contribution in [0.3, 0.4) is 0 Å². The van der Waals surface area contributed by atoms with Crippen LogP contribution in [0.5, 0.6) is 0 Å². The second-order valence-corrected chi connectivity index (χ2v) is 19.4. The molecule has 0 saturated heterocycles. The minimum absolute atomic E-state index is 0.105. The monoisotopic (exact) mass is 884 g/mol. The van der Waals surface area contributed by atoms with Crippen molar-refractivity contribution < 1.29 is 0 Å². The third kappa shape index (κ3) is 6.31. The van der Waals surface area contributed by atoms with Crippen molar-refractivity contribution in [2.45, 2.75) is 38.5 Å². The zero-order chi connectivity index (χ0) is 46.6. The Morgan fingerprint density at radius 1 is 0.406 bits per heavy atom. The van der Waals surface area contributed by atoms with Gasteiger partial charge in [-0.25, -0.2) is 19.8 Å². The number of benzene rings is 8. The van der Waals surface area contributed by atoms with Gasteiger partial charge < -0.3 is 4.57 Å². The molecule has 3 aromatic heterocycles. The molecule has 0 unspecified atom stereocenters. The van der Waals surface area contributed by atoms with Crippen molar-refractivity contribution in [1.29, 1.82) is 0 Å². The van der Waals surface area contributed by atoms with Crippen LogP contribution in [-0.2, 0) is 10.8 Å². The van der Waals surface area contributed by atoms with E-state index in [2.05, 4.69) is 206 Å². The summed E-state index contributed by atoms with van der Waals surface area (Å²) in [7, 11) is 0. The first-order valence-corrected chi connectivity index (χ1v) is 23.5. The Morgan fingerprint density at radius 3 is 1.62 bits per heavy atom. The molecule has 0 saturated carbocycles. The normalized spacial score (nSPS) is 13.7. The van der Waals surface area contributed by atoms with Crippen LogP contribution in [0.4, 0.5) is 5.69 Å². The molecule has 0 spiro atoms. The largest absolute Gasteiger partial charge is 0.309 e. The van der Waals surface area contributed by atoms with Gasteiger partial charge in [-0.1, -0.05) is 155 Å². The van der Waals surface area contributed by atoms with E-state index in [-0.39, 0.29) is 10.8 Å². The zero-order valence-electron chi connectivity index (χ0n) is 38.7. The fourth-order valence-electron chi connectivity index (χ4n) is 11.2. The van der Waals surface area contributed by atoms with Crippen LogP contribution in [0.2, 0.25) is 0 Å². The van der Waals surface area contributed by atoms with Crippen molar-refractivity contribution in [3.8, 4) is 84.4 Å². The summed E-state index contributed by atoms with van der Waals surface area (Å²) in [6.07, 6.45) is 3.68. The van der Waals surface area contributed by atoms with Gasteiger partial charge in [0.15, 0.2) is 23.2 Å². The molecule has 6 heteroatoms. The summed E-state index contributed by atoms with van der Waals surface area (Å²) in [6.45, 7) is 17.1. The van der Waals surface area contributed by atoms with E-state index >= 15 is 0 Å². The number of hydrogen-bond acceptors (Lipinski definition) is 4. The van der Waals surface area contributed by atoms with Crippen molar-refractivity contribution in [3.63, 3.8) is 0 Å². The number of aromatic nitrogens is 5. The summed E-state index contributed by atoms with van der Waals surface area (Å²) in [6, 6.07) is 64.6. The molecule has 326 valence electrons. The third-order valence-corrected chi connectivity index (χ3v) is 14.8. The molecule has 0 fully saturated rings. The van der Waals surface area contributed by atoms with Gasteiger partial charge in [-0.2, -0.15) is 0 Å². The average Bonchev–Trinajstić information content (AvgIpc) is 3.94. The summed E-state index contributed by atoms with van der Waals surface area (Å²) in [5.41, 5.74) is 20.9. The van der Waals surface area contributed by atoms with Gasteiger partial charge in [0.1, 0.15) is 0 Å². The van der Waals surface area contributed by atoms with E-state index in [1.165, 1.54) is 44.5 Å². The average molecular weight is 885 g/mol. The maximum absolute atomic E-state index is 7.83. The summed E-state index contributed by atoms with van der Waals surface area (Å²) >= 11 is 0. The number of fused-ring (bicyclic) bond motifs is 9. The van der Waals surface area contributed by atoms with E-state index in [9.17, 15) is 0 Å². The van der Waals surface area contributed by atoms with Gasteiger partial charge in [-0.3, -0.25) is 4.98 Å². The fraction of sp³-hybridized carbons (Fsp3) is 0.0952. The smallest absolute Gasteiger partial charge is 0.188 e. The SMILES string of the molecule is [C-]#[N+]c1ccc2c(c1)c1cc(-c3ccc(-c4nc(-c5ccc6c(c5)-c5ccccc5C6(C)C)nc(-c5ccc6c(c5)C(C)(C)c5ccccc5-6)n4)cc3)ccc1n2-c1ccc(-c2cccnc2)cc1. The number of nitrogens with zero attached hydrogens (tertiary/aromatic N) is 6. The number of rotatable bonds is 6. The highest BCUT2D eigenvalue weighted by Gasteiger charge is 2.37. The topological polar surface area (TPSA) is 60.9 Å². The molecule has 0 amide bonds. The lowest BCUT2D eigenvalue weighted by molar-refractivity contribution is 0.660. The summed E-state index contributed by atoms with van der Waals surface area (Å²) in [5.74, 6) is 1.90. The first-order valence-electron chi connectivity index (χ1n) is 23.5. The third-order valence-electron chi connectivity index (χ3n) is 14.8. The molecule has 8 aromatic carbocycles. The summed E-state index contributed by atoms with van der Waals surface area (Å²) < 4.78 is 2.29. The highest BCUT2D eigenvalue weighted by atomic mass is 15.0. The highest BCUT2D eigenvalue weighted by Crippen LogP contribution is 2.51. The molecule has 0 bridgehead atoms. The van der Waals surface area contributed by atoms with Crippen LogP contribution < -0.4 is 0 Å². The fourth-order valence-corrected chi connectivity index (χ4v) is 11.2. The Hall–Kier alpha value is -8.79. The summed E-state index contributed by atoms with van der Waals surface area (Å²) in [5, 5.41) is 2.12. The zero-order valence-corrected chi connectivity index (χ0v) is 38.7. The Morgan fingerprint density at radius 2 is 0.928 bits per heavy atom. The maximum atomic E-state index is 7.83. The van der Waals surface area contributed by atoms with E-state index in [0.717, 1.165) is 66.4 Å². The Labute approximate surface area is 401 Å². The van der Waals surface area contributed by atoms with Crippen LogP contribution in [0, 0.1) is 6.57 Å². The van der Waals surface area contributed by atoms with Crippen LogP contribution in [0.25, 0.3) is 111 Å². The lowest BCUT2D eigenvalue weighted by Gasteiger charge is -2.22. The van der Waals surface area contributed by atoms with Crippen molar-refractivity contribution in [1.82, 2.24) is 24.5 Å².